The van der Waals surface area contributed by atoms with Crippen LogP contribution in [-0.4, -0.2) is 54.5 Å². The second kappa shape index (κ2) is 11.8. The SMILES string of the molecule is CCCCN(CCCc1ccc(Cl)cc1)c1nc(C)c2c(n1)CCCS2(=O)=O.NC1(CO)CC1. The quantitative estimate of drug-likeness (QED) is 0.529. The molecule has 34 heavy (non-hydrogen) atoms. The van der Waals surface area contributed by atoms with Gasteiger partial charge in [-0.1, -0.05) is 37.1 Å². The molecule has 0 saturated heterocycles. The van der Waals surface area contributed by atoms with Gasteiger partial charge in [0.2, 0.25) is 5.95 Å². The standard InChI is InChI=1S/C21H28ClN3O2S.C4H9NO/c1-3-4-13-25(14-5-7-17-9-11-18(22)12-10-17)21-23-16(2)20-19(24-21)8-6-15-28(20,26)27;5-4(3-6)1-2-4/h9-12H,3-8,13-15H2,1-2H3;6H,1-3,5H2. The maximum Gasteiger partial charge on any atom is 0.225 e. The van der Waals surface area contributed by atoms with Crippen LogP contribution in [0.2, 0.25) is 5.02 Å². The number of aryl methyl sites for hydroxylation is 3. The van der Waals surface area contributed by atoms with Crippen LogP contribution in [0, 0.1) is 6.92 Å². The Morgan fingerprint density at radius 3 is 2.41 bits per heavy atom. The first-order chi connectivity index (χ1) is 16.2. The number of fused-ring (bicyclic) bond motifs is 1. The van der Waals surface area contributed by atoms with Crippen molar-refractivity contribution in [3.8, 4) is 0 Å². The minimum atomic E-state index is -3.24. The molecule has 0 amide bonds. The van der Waals surface area contributed by atoms with E-state index in [9.17, 15) is 8.42 Å². The highest BCUT2D eigenvalue weighted by Crippen LogP contribution is 2.30. The topological polar surface area (TPSA) is 109 Å². The predicted molar refractivity (Wildman–Crippen MR) is 137 cm³/mol. The molecule has 1 aromatic carbocycles. The van der Waals surface area contributed by atoms with Crippen LogP contribution in [-0.2, 0) is 22.7 Å². The molecule has 4 rings (SSSR count). The van der Waals surface area contributed by atoms with Crippen molar-refractivity contribution in [3.05, 3.63) is 46.2 Å². The molecule has 3 N–H and O–H groups in total. The van der Waals surface area contributed by atoms with Gasteiger partial charge in [-0.3, -0.25) is 0 Å². The monoisotopic (exact) mass is 508 g/mol. The number of unbranched alkanes of at least 4 members (excludes halogenated alkanes) is 1. The number of nitrogens with two attached hydrogens (primary N) is 1. The molecule has 188 valence electrons. The van der Waals surface area contributed by atoms with E-state index in [1.54, 1.807) is 6.92 Å². The highest BCUT2D eigenvalue weighted by Gasteiger charge is 2.37. The zero-order valence-electron chi connectivity index (χ0n) is 20.3. The van der Waals surface area contributed by atoms with Gasteiger partial charge in [-0.2, -0.15) is 0 Å². The molecule has 0 atom stereocenters. The van der Waals surface area contributed by atoms with Gasteiger partial charge in [0, 0.05) is 23.7 Å². The maximum absolute atomic E-state index is 12.4. The van der Waals surface area contributed by atoms with E-state index in [0.717, 1.165) is 56.6 Å². The van der Waals surface area contributed by atoms with Crippen molar-refractivity contribution >= 4 is 27.4 Å². The normalized spacial score (nSPS) is 17.3. The van der Waals surface area contributed by atoms with E-state index in [2.05, 4.69) is 33.9 Å². The van der Waals surface area contributed by atoms with E-state index in [1.807, 2.05) is 12.1 Å². The summed E-state index contributed by atoms with van der Waals surface area (Å²) in [7, 11) is -3.24. The lowest BCUT2D eigenvalue weighted by atomic mass is 10.1. The number of aliphatic hydroxyl groups is 1. The number of benzene rings is 1. The lowest BCUT2D eigenvalue weighted by Crippen LogP contribution is -2.30. The average Bonchev–Trinajstić information content (AvgIpc) is 3.55. The highest BCUT2D eigenvalue weighted by molar-refractivity contribution is 7.91. The number of aliphatic hydroxyl groups excluding tert-OH is 1. The summed E-state index contributed by atoms with van der Waals surface area (Å²) in [6.07, 6.45) is 7.42. The number of hydrogen-bond acceptors (Lipinski definition) is 7. The molecule has 0 spiro atoms. The first kappa shape index (κ1) is 26.9. The number of nitrogens with zero attached hydrogens (tertiary/aromatic N) is 3. The molecule has 1 aromatic heterocycles. The first-order valence-electron chi connectivity index (χ1n) is 12.2. The van der Waals surface area contributed by atoms with Crippen molar-refractivity contribution in [3.63, 3.8) is 0 Å². The molecule has 2 aromatic rings. The Labute approximate surface area is 208 Å². The molecule has 2 aliphatic rings. The summed E-state index contributed by atoms with van der Waals surface area (Å²) < 4.78 is 24.8. The summed E-state index contributed by atoms with van der Waals surface area (Å²) in [6, 6.07) is 7.95. The van der Waals surface area contributed by atoms with Gasteiger partial charge in [-0.25, -0.2) is 18.4 Å². The molecule has 7 nitrogen and oxygen atoms in total. The fraction of sp³-hybridized carbons (Fsp3) is 0.600. The molecule has 9 heteroatoms. The fourth-order valence-corrected chi connectivity index (χ4v) is 5.81. The Morgan fingerprint density at radius 1 is 1.15 bits per heavy atom. The van der Waals surface area contributed by atoms with Crippen LogP contribution in [0.25, 0.3) is 0 Å². The first-order valence-corrected chi connectivity index (χ1v) is 14.2. The highest BCUT2D eigenvalue weighted by atomic mass is 35.5. The second-order valence-corrected chi connectivity index (χ2v) is 11.9. The third kappa shape index (κ3) is 7.38. The van der Waals surface area contributed by atoms with E-state index >= 15 is 0 Å². The summed E-state index contributed by atoms with van der Waals surface area (Å²) >= 11 is 5.96. The largest absolute Gasteiger partial charge is 0.394 e. The van der Waals surface area contributed by atoms with Gasteiger partial charge >= 0.3 is 0 Å². The van der Waals surface area contributed by atoms with Crippen molar-refractivity contribution in [2.75, 3.05) is 30.3 Å². The Kier molecular flexibility index (Phi) is 9.32. The zero-order valence-corrected chi connectivity index (χ0v) is 21.8. The number of anilines is 1. The molecule has 2 heterocycles. The summed E-state index contributed by atoms with van der Waals surface area (Å²) in [4.78, 5) is 11.8. The summed E-state index contributed by atoms with van der Waals surface area (Å²) in [5.74, 6) is 0.863. The van der Waals surface area contributed by atoms with Crippen LogP contribution in [0.1, 0.15) is 62.4 Å². The van der Waals surface area contributed by atoms with E-state index in [4.69, 9.17) is 22.4 Å². The van der Waals surface area contributed by atoms with Crippen molar-refractivity contribution in [2.24, 2.45) is 5.73 Å². The summed E-state index contributed by atoms with van der Waals surface area (Å²) in [5.41, 5.74) is 7.77. The van der Waals surface area contributed by atoms with E-state index in [1.165, 1.54) is 5.56 Å². The Balaban J connectivity index is 0.000000469. The van der Waals surface area contributed by atoms with Crippen LogP contribution in [0.3, 0.4) is 0 Å². The third-order valence-electron chi connectivity index (χ3n) is 6.31. The fourth-order valence-electron chi connectivity index (χ4n) is 3.96. The minimum absolute atomic E-state index is 0.153. The van der Waals surface area contributed by atoms with Crippen LogP contribution >= 0.6 is 11.6 Å². The lowest BCUT2D eigenvalue weighted by Gasteiger charge is -2.25. The van der Waals surface area contributed by atoms with Crippen molar-refractivity contribution < 1.29 is 13.5 Å². The number of halogens is 1. The smallest absolute Gasteiger partial charge is 0.225 e. The summed E-state index contributed by atoms with van der Waals surface area (Å²) in [6.45, 7) is 5.83. The van der Waals surface area contributed by atoms with Gasteiger partial charge in [-0.05, 0) is 69.6 Å². The molecule has 1 aliphatic heterocycles. The predicted octanol–water partition coefficient (Wildman–Crippen LogP) is 3.87. The van der Waals surface area contributed by atoms with E-state index < -0.39 is 9.84 Å². The number of rotatable bonds is 9. The molecule has 0 bridgehead atoms. The van der Waals surface area contributed by atoms with E-state index in [0.29, 0.717) is 35.1 Å². The van der Waals surface area contributed by atoms with Gasteiger partial charge < -0.3 is 15.7 Å². The van der Waals surface area contributed by atoms with Gasteiger partial charge in [0.05, 0.1) is 23.7 Å². The van der Waals surface area contributed by atoms with Crippen molar-refractivity contribution in [2.45, 2.75) is 75.6 Å². The van der Waals surface area contributed by atoms with Gasteiger partial charge in [-0.15, -0.1) is 0 Å². The number of aromatic nitrogens is 2. The molecular formula is C25H37ClN4O3S. The van der Waals surface area contributed by atoms with Crippen LogP contribution < -0.4 is 10.6 Å². The molecule has 0 radical (unpaired) electrons. The Morgan fingerprint density at radius 2 is 1.82 bits per heavy atom. The Bertz CT molecular complexity index is 1060. The van der Waals surface area contributed by atoms with Crippen molar-refractivity contribution in [1.29, 1.82) is 0 Å². The third-order valence-corrected chi connectivity index (χ3v) is 8.54. The van der Waals surface area contributed by atoms with Gasteiger partial charge in [0.1, 0.15) is 4.90 Å². The van der Waals surface area contributed by atoms with Crippen LogP contribution in [0.5, 0.6) is 0 Å². The van der Waals surface area contributed by atoms with Crippen LogP contribution in [0.4, 0.5) is 5.95 Å². The molecule has 1 fully saturated rings. The minimum Gasteiger partial charge on any atom is -0.394 e. The summed E-state index contributed by atoms with van der Waals surface area (Å²) in [5, 5.41) is 9.09. The molecule has 1 aliphatic carbocycles. The zero-order chi connectivity index (χ0) is 24.8. The molecular weight excluding hydrogens is 472 g/mol. The van der Waals surface area contributed by atoms with Crippen LogP contribution in [0.15, 0.2) is 29.2 Å². The maximum atomic E-state index is 12.4. The van der Waals surface area contributed by atoms with Gasteiger partial charge in [0.25, 0.3) is 0 Å². The second-order valence-electron chi connectivity index (χ2n) is 9.40. The Hall–Kier alpha value is -1.74. The average molecular weight is 509 g/mol. The number of sulfone groups is 1. The van der Waals surface area contributed by atoms with Gasteiger partial charge in [0.15, 0.2) is 9.84 Å². The molecule has 0 unspecified atom stereocenters. The van der Waals surface area contributed by atoms with E-state index in [-0.39, 0.29) is 17.9 Å². The molecule has 1 saturated carbocycles. The van der Waals surface area contributed by atoms with Crippen molar-refractivity contribution in [1.82, 2.24) is 9.97 Å². The number of hydrogen-bond donors (Lipinski definition) is 2. The lowest BCUT2D eigenvalue weighted by molar-refractivity contribution is 0.257.